The van der Waals surface area contributed by atoms with Gasteiger partial charge in [-0.25, -0.2) is 4.79 Å². The lowest BCUT2D eigenvalue weighted by atomic mass is 10.1. The van der Waals surface area contributed by atoms with Gasteiger partial charge in [-0.2, -0.15) is 0 Å². The minimum atomic E-state index is -0.747. The lowest BCUT2D eigenvalue weighted by Crippen LogP contribution is -2.45. The number of benzene rings is 2. The van der Waals surface area contributed by atoms with Crippen LogP contribution in [0.4, 0.5) is 4.79 Å². The Bertz CT molecular complexity index is 861. The van der Waals surface area contributed by atoms with Gasteiger partial charge in [0.2, 0.25) is 11.8 Å². The van der Waals surface area contributed by atoms with Crippen molar-refractivity contribution in [2.75, 3.05) is 6.54 Å². The molecule has 0 saturated heterocycles. The van der Waals surface area contributed by atoms with Gasteiger partial charge in [-0.15, -0.1) is 0 Å². The topological polar surface area (TPSA) is 111 Å². The average molecular weight is 490 g/mol. The molecule has 0 radical (unpaired) electrons. The Morgan fingerprint density at radius 1 is 0.968 bits per heavy atom. The van der Waals surface area contributed by atoms with Crippen LogP contribution in [0.2, 0.25) is 0 Å². The van der Waals surface area contributed by atoms with Crippen LogP contribution in [0.15, 0.2) is 59.1 Å². The van der Waals surface area contributed by atoms with Gasteiger partial charge in [-0.05, 0) is 36.1 Å². The van der Waals surface area contributed by atoms with Crippen LogP contribution >= 0.6 is 15.9 Å². The number of hydrogen-bond acceptors (Lipinski definition) is 4. The molecular formula is C23H28BrN3O4. The second-order valence-electron chi connectivity index (χ2n) is 7.16. The molecule has 0 unspecified atom stereocenters. The first-order chi connectivity index (χ1) is 14.9. The van der Waals surface area contributed by atoms with E-state index >= 15 is 0 Å². The molecule has 2 aromatic carbocycles. The average Bonchev–Trinajstić information content (AvgIpc) is 2.75. The number of nitrogens with two attached hydrogens (primary N) is 1. The summed E-state index contributed by atoms with van der Waals surface area (Å²) in [7, 11) is 0. The van der Waals surface area contributed by atoms with Crippen molar-refractivity contribution in [2.24, 2.45) is 5.73 Å². The number of halogens is 1. The number of carbonyl (C=O) groups is 3. The number of ether oxygens (including phenoxy) is 1. The summed E-state index contributed by atoms with van der Waals surface area (Å²) < 4.78 is 6.03. The van der Waals surface area contributed by atoms with Crippen molar-refractivity contribution in [3.63, 3.8) is 0 Å². The molecule has 0 spiro atoms. The molecule has 0 saturated carbocycles. The van der Waals surface area contributed by atoms with Crippen LogP contribution in [0, 0.1) is 0 Å². The van der Waals surface area contributed by atoms with Crippen LogP contribution in [-0.4, -0.2) is 30.5 Å². The zero-order valence-electron chi connectivity index (χ0n) is 17.3. The molecule has 31 heavy (non-hydrogen) atoms. The highest BCUT2D eigenvalue weighted by molar-refractivity contribution is 9.10. The monoisotopic (exact) mass is 489 g/mol. The minimum absolute atomic E-state index is 0.214. The van der Waals surface area contributed by atoms with E-state index in [0.29, 0.717) is 25.8 Å². The number of primary amides is 1. The molecule has 1 atom stereocenters. The zero-order valence-corrected chi connectivity index (χ0v) is 18.9. The molecule has 8 heteroatoms. The lowest BCUT2D eigenvalue weighted by Gasteiger charge is -2.16. The number of unbranched alkanes of at least 4 members (excludes halogenated alkanes) is 2. The number of amides is 3. The van der Waals surface area contributed by atoms with Crippen LogP contribution in [0.3, 0.4) is 0 Å². The Kier molecular flexibility index (Phi) is 10.6. The number of nitrogens with one attached hydrogen (secondary N) is 2. The van der Waals surface area contributed by atoms with E-state index in [0.717, 1.165) is 28.4 Å². The van der Waals surface area contributed by atoms with Crippen LogP contribution in [0.25, 0.3) is 0 Å². The lowest BCUT2D eigenvalue weighted by molar-refractivity contribution is -0.127. The van der Waals surface area contributed by atoms with Crippen molar-refractivity contribution >= 4 is 33.8 Å². The van der Waals surface area contributed by atoms with E-state index in [1.807, 2.05) is 54.6 Å². The van der Waals surface area contributed by atoms with Gasteiger partial charge in [-0.3, -0.25) is 9.59 Å². The van der Waals surface area contributed by atoms with Crippen LogP contribution < -0.4 is 16.4 Å². The van der Waals surface area contributed by atoms with Crippen molar-refractivity contribution in [3.05, 3.63) is 70.2 Å². The summed E-state index contributed by atoms with van der Waals surface area (Å²) in [6.45, 7) is 0.704. The molecular weight excluding hydrogens is 462 g/mol. The van der Waals surface area contributed by atoms with Gasteiger partial charge in [0.25, 0.3) is 0 Å². The van der Waals surface area contributed by atoms with Gasteiger partial charge in [0.1, 0.15) is 12.6 Å². The third-order valence-corrected chi connectivity index (χ3v) is 5.06. The summed E-state index contributed by atoms with van der Waals surface area (Å²) >= 11 is 3.39. The number of carbonyl (C=O) groups excluding carboxylic acids is 3. The first kappa shape index (κ1) is 24.4. The second kappa shape index (κ2) is 13.4. The number of hydrogen-bond donors (Lipinski definition) is 3. The van der Waals surface area contributed by atoms with Crippen molar-refractivity contribution in [1.82, 2.24) is 10.6 Å². The summed E-state index contributed by atoms with van der Waals surface area (Å²) in [5.41, 5.74) is 7.27. The maximum atomic E-state index is 12.2. The fourth-order valence-corrected chi connectivity index (χ4v) is 3.39. The van der Waals surface area contributed by atoms with Gasteiger partial charge < -0.3 is 21.1 Å². The number of rotatable bonds is 12. The Balaban J connectivity index is 1.58. The molecule has 0 aliphatic rings. The van der Waals surface area contributed by atoms with Crippen molar-refractivity contribution < 1.29 is 19.1 Å². The van der Waals surface area contributed by atoms with Gasteiger partial charge in [0.05, 0.1) is 0 Å². The molecule has 2 aromatic rings. The summed E-state index contributed by atoms with van der Waals surface area (Å²) in [6.07, 6.45) is 2.31. The molecule has 2 rings (SSSR count). The van der Waals surface area contributed by atoms with E-state index < -0.39 is 18.0 Å². The normalized spacial score (nSPS) is 11.4. The smallest absolute Gasteiger partial charge is 0.407 e. The predicted molar refractivity (Wildman–Crippen MR) is 122 cm³/mol. The van der Waals surface area contributed by atoms with E-state index in [4.69, 9.17) is 10.5 Å². The Morgan fingerprint density at radius 2 is 1.71 bits per heavy atom. The fourth-order valence-electron chi connectivity index (χ4n) is 2.94. The molecule has 166 valence electrons. The molecule has 0 bridgehead atoms. The molecule has 0 aromatic heterocycles. The third-order valence-electron chi connectivity index (χ3n) is 4.57. The quantitative estimate of drug-likeness (QED) is 0.396. The van der Waals surface area contributed by atoms with Crippen LogP contribution in [0.1, 0.15) is 36.8 Å². The highest BCUT2D eigenvalue weighted by Gasteiger charge is 2.18. The molecule has 0 aliphatic carbocycles. The van der Waals surface area contributed by atoms with E-state index in [-0.39, 0.29) is 12.5 Å². The second-order valence-corrected chi connectivity index (χ2v) is 8.07. The SMILES string of the molecule is NC(=O)[C@@H](Cc1cccc(Br)c1)NC(=O)CCCCCNC(=O)OCc1ccccc1. The summed E-state index contributed by atoms with van der Waals surface area (Å²) in [5.74, 6) is -0.777. The zero-order chi connectivity index (χ0) is 22.5. The van der Waals surface area contributed by atoms with E-state index in [1.54, 1.807) is 0 Å². The standard InChI is InChI=1S/C23H28BrN3O4/c24-19-11-7-10-18(14-19)15-20(22(25)29)27-21(28)12-5-2-6-13-26-23(30)31-16-17-8-3-1-4-9-17/h1,3-4,7-11,14,20H,2,5-6,12-13,15-16H2,(H2,25,29)(H,26,30)(H,27,28)/t20-/m1/s1. The Labute approximate surface area is 190 Å². The van der Waals surface area contributed by atoms with Crippen molar-refractivity contribution in [3.8, 4) is 0 Å². The van der Waals surface area contributed by atoms with Gasteiger partial charge >= 0.3 is 6.09 Å². The predicted octanol–water partition coefficient (Wildman–Crippen LogP) is 3.45. The molecule has 7 nitrogen and oxygen atoms in total. The molecule has 0 aliphatic heterocycles. The van der Waals surface area contributed by atoms with Crippen molar-refractivity contribution in [1.29, 1.82) is 0 Å². The molecule has 0 heterocycles. The highest BCUT2D eigenvalue weighted by Crippen LogP contribution is 2.13. The molecule has 4 N–H and O–H groups in total. The van der Waals surface area contributed by atoms with Crippen molar-refractivity contribution in [2.45, 2.75) is 44.8 Å². The minimum Gasteiger partial charge on any atom is -0.445 e. The highest BCUT2D eigenvalue weighted by atomic mass is 79.9. The third kappa shape index (κ3) is 10.1. The van der Waals surface area contributed by atoms with E-state index in [2.05, 4.69) is 26.6 Å². The van der Waals surface area contributed by atoms with Gasteiger partial charge in [0, 0.05) is 23.9 Å². The maximum Gasteiger partial charge on any atom is 0.407 e. The molecule has 0 fully saturated rings. The van der Waals surface area contributed by atoms with E-state index in [9.17, 15) is 14.4 Å². The fraction of sp³-hybridized carbons (Fsp3) is 0.348. The largest absolute Gasteiger partial charge is 0.445 e. The van der Waals surface area contributed by atoms with E-state index in [1.165, 1.54) is 0 Å². The summed E-state index contributed by atoms with van der Waals surface area (Å²) in [4.78, 5) is 35.5. The first-order valence-corrected chi connectivity index (χ1v) is 11.0. The number of alkyl carbamates (subject to hydrolysis) is 1. The molecule has 3 amide bonds. The van der Waals surface area contributed by atoms with Gasteiger partial charge in [-0.1, -0.05) is 64.8 Å². The Morgan fingerprint density at radius 3 is 2.42 bits per heavy atom. The van der Waals surface area contributed by atoms with Crippen LogP contribution in [0.5, 0.6) is 0 Å². The first-order valence-electron chi connectivity index (χ1n) is 10.2. The van der Waals surface area contributed by atoms with Crippen LogP contribution in [-0.2, 0) is 27.4 Å². The Hall–Kier alpha value is -2.87. The summed E-state index contributed by atoms with van der Waals surface area (Å²) in [5, 5.41) is 5.40. The maximum absolute atomic E-state index is 12.2. The van der Waals surface area contributed by atoms with Gasteiger partial charge in [0.15, 0.2) is 0 Å². The summed E-state index contributed by atoms with van der Waals surface area (Å²) in [6, 6.07) is 16.2.